The molecule has 0 amide bonds. The molecular weight excluding hydrogens is 188 g/mol. The lowest BCUT2D eigenvalue weighted by Gasteiger charge is -2.15. The molecule has 1 fully saturated rings. The first kappa shape index (κ1) is 12.9. The topological polar surface area (TPSA) is 33.3 Å². The summed E-state index contributed by atoms with van der Waals surface area (Å²) in [4.78, 5) is 0. The predicted molar refractivity (Wildman–Crippen MR) is 64.2 cm³/mol. The molecule has 1 aliphatic rings. The molecule has 0 aliphatic heterocycles. The van der Waals surface area contributed by atoms with E-state index in [1.54, 1.807) is 7.11 Å². The summed E-state index contributed by atoms with van der Waals surface area (Å²) in [5.74, 6) is 0. The maximum absolute atomic E-state index is 5.14. The van der Waals surface area contributed by atoms with Gasteiger partial charge in [0, 0.05) is 20.3 Å². The first-order valence-corrected chi connectivity index (χ1v) is 6.17. The van der Waals surface area contributed by atoms with Gasteiger partial charge in [-0.25, -0.2) is 0 Å². The van der Waals surface area contributed by atoms with Gasteiger partial charge in [0.25, 0.3) is 0 Å². The molecule has 1 saturated carbocycles. The van der Waals surface area contributed by atoms with Crippen LogP contribution < -0.4 is 10.6 Å². The number of nitrogens with one attached hydrogen (secondary N) is 2. The van der Waals surface area contributed by atoms with Crippen molar-refractivity contribution in [3.05, 3.63) is 0 Å². The largest absolute Gasteiger partial charge is 0.385 e. The third-order valence-electron chi connectivity index (χ3n) is 3.32. The van der Waals surface area contributed by atoms with E-state index >= 15 is 0 Å². The summed E-state index contributed by atoms with van der Waals surface area (Å²) in [7, 11) is 3.80. The van der Waals surface area contributed by atoms with Crippen LogP contribution in [0.1, 0.15) is 32.1 Å². The molecule has 0 aromatic rings. The number of ether oxygens (including phenoxy) is 1. The Morgan fingerprint density at radius 1 is 1.20 bits per heavy atom. The van der Waals surface area contributed by atoms with Gasteiger partial charge in [-0.05, 0) is 57.7 Å². The van der Waals surface area contributed by atoms with Crippen molar-refractivity contribution < 1.29 is 4.74 Å². The van der Waals surface area contributed by atoms with Crippen molar-refractivity contribution in [2.75, 3.05) is 40.4 Å². The van der Waals surface area contributed by atoms with Crippen LogP contribution in [0.25, 0.3) is 0 Å². The zero-order chi connectivity index (χ0) is 11.0. The van der Waals surface area contributed by atoms with Crippen molar-refractivity contribution in [1.29, 1.82) is 0 Å². The third kappa shape index (κ3) is 5.50. The fourth-order valence-corrected chi connectivity index (χ4v) is 1.92. The maximum atomic E-state index is 5.14. The van der Waals surface area contributed by atoms with Gasteiger partial charge < -0.3 is 15.4 Å². The maximum Gasteiger partial charge on any atom is 0.0468 e. The summed E-state index contributed by atoms with van der Waals surface area (Å²) in [5.41, 5.74) is 0.596. The van der Waals surface area contributed by atoms with Crippen LogP contribution in [0.3, 0.4) is 0 Å². The molecule has 3 heteroatoms. The van der Waals surface area contributed by atoms with Gasteiger partial charge in [0.2, 0.25) is 0 Å². The van der Waals surface area contributed by atoms with Crippen molar-refractivity contribution >= 4 is 0 Å². The van der Waals surface area contributed by atoms with Crippen molar-refractivity contribution in [2.24, 2.45) is 5.41 Å². The number of rotatable bonds is 10. The second-order valence-corrected chi connectivity index (χ2v) is 4.73. The van der Waals surface area contributed by atoms with Crippen molar-refractivity contribution in [3.63, 3.8) is 0 Å². The van der Waals surface area contributed by atoms with Crippen molar-refractivity contribution in [2.45, 2.75) is 32.1 Å². The molecule has 1 aliphatic carbocycles. The van der Waals surface area contributed by atoms with Crippen LogP contribution in [0.15, 0.2) is 0 Å². The Bertz CT molecular complexity index is 158. The zero-order valence-electron chi connectivity index (χ0n) is 10.3. The molecule has 0 unspecified atom stereocenters. The average molecular weight is 214 g/mol. The third-order valence-corrected chi connectivity index (χ3v) is 3.32. The van der Waals surface area contributed by atoms with Gasteiger partial charge in [0.05, 0.1) is 0 Å². The first-order valence-electron chi connectivity index (χ1n) is 6.17. The van der Waals surface area contributed by atoms with E-state index in [1.807, 2.05) is 7.05 Å². The van der Waals surface area contributed by atoms with E-state index < -0.39 is 0 Å². The molecule has 0 bridgehead atoms. The first-order chi connectivity index (χ1) is 7.33. The van der Waals surface area contributed by atoms with Crippen LogP contribution in [0.2, 0.25) is 0 Å². The van der Waals surface area contributed by atoms with Gasteiger partial charge in [-0.3, -0.25) is 0 Å². The highest BCUT2D eigenvalue weighted by Crippen LogP contribution is 2.48. The second-order valence-electron chi connectivity index (χ2n) is 4.73. The fourth-order valence-electron chi connectivity index (χ4n) is 1.92. The van der Waals surface area contributed by atoms with E-state index in [9.17, 15) is 0 Å². The Kier molecular flexibility index (Phi) is 6.22. The fraction of sp³-hybridized carbons (Fsp3) is 1.00. The molecule has 0 saturated heterocycles. The molecule has 0 aromatic carbocycles. The van der Waals surface area contributed by atoms with Gasteiger partial charge >= 0.3 is 0 Å². The molecule has 15 heavy (non-hydrogen) atoms. The van der Waals surface area contributed by atoms with Gasteiger partial charge in [-0.1, -0.05) is 0 Å². The van der Waals surface area contributed by atoms with Crippen LogP contribution in [-0.2, 0) is 4.74 Å². The summed E-state index contributed by atoms with van der Waals surface area (Å²) in [5, 5.41) is 6.74. The highest BCUT2D eigenvalue weighted by molar-refractivity contribution is 4.94. The Hall–Kier alpha value is -0.120. The van der Waals surface area contributed by atoms with E-state index in [1.165, 1.54) is 38.6 Å². The monoisotopic (exact) mass is 214 g/mol. The van der Waals surface area contributed by atoms with Crippen LogP contribution >= 0.6 is 0 Å². The lowest BCUT2D eigenvalue weighted by atomic mass is 10.0. The zero-order valence-corrected chi connectivity index (χ0v) is 10.3. The molecule has 1 rings (SSSR count). The molecule has 0 spiro atoms. The molecule has 0 radical (unpaired) electrons. The molecule has 2 N–H and O–H groups in total. The minimum atomic E-state index is 0.596. The predicted octanol–water partition coefficient (Wildman–Crippen LogP) is 1.39. The lowest BCUT2D eigenvalue weighted by molar-refractivity contribution is 0.171. The minimum absolute atomic E-state index is 0.596. The van der Waals surface area contributed by atoms with Gasteiger partial charge in [-0.2, -0.15) is 0 Å². The van der Waals surface area contributed by atoms with Crippen LogP contribution in [-0.4, -0.2) is 40.4 Å². The van der Waals surface area contributed by atoms with Crippen molar-refractivity contribution in [1.82, 2.24) is 10.6 Å². The Morgan fingerprint density at radius 3 is 2.53 bits per heavy atom. The van der Waals surface area contributed by atoms with Crippen LogP contribution in [0.4, 0.5) is 0 Å². The summed E-state index contributed by atoms with van der Waals surface area (Å²) in [6, 6.07) is 0. The van der Waals surface area contributed by atoms with E-state index in [0.29, 0.717) is 5.41 Å². The van der Waals surface area contributed by atoms with E-state index in [-0.39, 0.29) is 0 Å². The second kappa shape index (κ2) is 7.20. The number of unbranched alkanes of at least 4 members (excludes halogenated alkanes) is 1. The van der Waals surface area contributed by atoms with E-state index in [4.69, 9.17) is 4.74 Å². The molecule has 0 atom stereocenters. The Morgan fingerprint density at radius 2 is 1.93 bits per heavy atom. The SMILES string of the molecule is CNCCCCNCC1(CCOC)CC1. The summed E-state index contributed by atoms with van der Waals surface area (Å²) < 4.78 is 5.14. The summed E-state index contributed by atoms with van der Waals surface area (Å²) >= 11 is 0. The Labute approximate surface area is 94.0 Å². The van der Waals surface area contributed by atoms with Crippen LogP contribution in [0.5, 0.6) is 0 Å². The van der Waals surface area contributed by atoms with Crippen LogP contribution in [0, 0.1) is 5.41 Å². The number of hydrogen-bond donors (Lipinski definition) is 2. The van der Waals surface area contributed by atoms with Gasteiger partial charge in [0.1, 0.15) is 0 Å². The molecule has 90 valence electrons. The highest BCUT2D eigenvalue weighted by atomic mass is 16.5. The molecule has 0 heterocycles. The molecule has 3 nitrogen and oxygen atoms in total. The van der Waals surface area contributed by atoms with E-state index in [0.717, 1.165) is 19.7 Å². The summed E-state index contributed by atoms with van der Waals surface area (Å²) in [6.45, 7) is 4.41. The normalized spacial score (nSPS) is 18.0. The lowest BCUT2D eigenvalue weighted by Crippen LogP contribution is -2.26. The highest BCUT2D eigenvalue weighted by Gasteiger charge is 2.41. The molecular formula is C12H26N2O. The van der Waals surface area contributed by atoms with Crippen molar-refractivity contribution in [3.8, 4) is 0 Å². The quantitative estimate of drug-likeness (QED) is 0.539. The van der Waals surface area contributed by atoms with Gasteiger partial charge in [-0.15, -0.1) is 0 Å². The number of hydrogen-bond acceptors (Lipinski definition) is 3. The average Bonchev–Trinajstić information content (AvgIpc) is 3.01. The molecule has 0 aromatic heterocycles. The summed E-state index contributed by atoms with van der Waals surface area (Å²) in [6.07, 6.45) is 6.56. The smallest absolute Gasteiger partial charge is 0.0468 e. The standard InChI is InChI=1S/C12H26N2O/c1-13-8-3-4-9-14-11-12(5-6-12)7-10-15-2/h13-14H,3-11H2,1-2H3. The Balaban J connectivity index is 1.90. The van der Waals surface area contributed by atoms with Gasteiger partial charge in [0.15, 0.2) is 0 Å². The number of methoxy groups -OCH3 is 1. The minimum Gasteiger partial charge on any atom is -0.385 e. The van der Waals surface area contributed by atoms with E-state index in [2.05, 4.69) is 10.6 Å².